The molecular weight excluding hydrogens is 296 g/mol. The van der Waals surface area contributed by atoms with Gasteiger partial charge in [-0.3, -0.25) is 0 Å². The average molecular weight is 328 g/mol. The second-order valence-corrected chi connectivity index (χ2v) is 6.27. The number of hydrogen-bond acceptors (Lipinski definition) is 4. The summed E-state index contributed by atoms with van der Waals surface area (Å²) in [5, 5.41) is 13.0. The van der Waals surface area contributed by atoms with E-state index in [2.05, 4.69) is 33.9 Å². The Morgan fingerprint density at radius 1 is 0.870 bits per heavy atom. The molecule has 5 nitrogen and oxygen atoms in total. The van der Waals surface area contributed by atoms with E-state index >= 15 is 0 Å². The molecule has 1 heterocycles. The van der Waals surface area contributed by atoms with E-state index < -0.39 is 11.8 Å². The van der Waals surface area contributed by atoms with Crippen LogP contribution >= 0.6 is 0 Å². The molecule has 0 radical (unpaired) electrons. The topological polar surface area (TPSA) is 65.0 Å². The van der Waals surface area contributed by atoms with Crippen LogP contribution in [-0.4, -0.2) is 16.9 Å². The molecule has 0 aromatic heterocycles. The Morgan fingerprint density at radius 3 is 1.87 bits per heavy atom. The van der Waals surface area contributed by atoms with Crippen molar-refractivity contribution in [3.63, 3.8) is 0 Å². The second kappa shape index (κ2) is 12.5. The first-order valence-corrected chi connectivity index (χ1v) is 9.13. The van der Waals surface area contributed by atoms with Crippen molar-refractivity contribution in [1.29, 1.82) is 0 Å². The van der Waals surface area contributed by atoms with Gasteiger partial charge in [0.1, 0.15) is 0 Å². The number of unbranched alkanes of at least 4 members (excludes halogenated alkanes) is 10. The minimum Gasteiger partial charge on any atom is -0.477 e. The Hall–Kier alpha value is -0.910. The Bertz CT molecular complexity index is 336. The van der Waals surface area contributed by atoms with Gasteiger partial charge in [-0.15, -0.1) is 0 Å². The van der Waals surface area contributed by atoms with Gasteiger partial charge in [0.05, 0.1) is 0 Å². The van der Waals surface area contributed by atoms with Gasteiger partial charge in [-0.1, -0.05) is 69.1 Å². The highest BCUT2D eigenvalue weighted by Gasteiger charge is 2.51. The van der Waals surface area contributed by atoms with E-state index in [1.807, 2.05) is 0 Å². The molecule has 0 bridgehead atoms. The first kappa shape index (κ1) is 20.1. The average Bonchev–Trinajstić information content (AvgIpc) is 2.49. The highest BCUT2D eigenvalue weighted by molar-refractivity contribution is 5.75. The van der Waals surface area contributed by atoms with Gasteiger partial charge in [0.25, 0.3) is 0 Å². The Kier molecular flexibility index (Phi) is 10.9. The molecule has 0 amide bonds. The first-order valence-electron chi connectivity index (χ1n) is 9.13. The van der Waals surface area contributed by atoms with Crippen molar-refractivity contribution in [1.82, 2.24) is 0 Å². The standard InChI is InChI=1S/C18H32O5/c1-2-3-4-5-6-7-8-9-10-11-12-13-14-15-16-18(17(19)20)21-23-22-18/h8-9H,2-7,10-16H2,1H3,(H,19,20). The summed E-state index contributed by atoms with van der Waals surface area (Å²) in [5.74, 6) is -2.68. The lowest BCUT2D eigenvalue weighted by Gasteiger charge is -2.32. The van der Waals surface area contributed by atoms with E-state index in [1.165, 1.54) is 51.4 Å². The van der Waals surface area contributed by atoms with Crippen LogP contribution in [0.4, 0.5) is 0 Å². The monoisotopic (exact) mass is 328 g/mol. The molecule has 0 saturated carbocycles. The molecule has 0 atom stereocenters. The number of carbonyl (C=O) groups is 1. The van der Waals surface area contributed by atoms with Crippen LogP contribution in [-0.2, 0) is 19.6 Å². The zero-order chi connectivity index (χ0) is 16.8. The lowest BCUT2D eigenvalue weighted by atomic mass is 10.0. The van der Waals surface area contributed by atoms with Gasteiger partial charge in [-0.05, 0) is 32.1 Å². The molecule has 0 aliphatic carbocycles. The largest absolute Gasteiger partial charge is 0.477 e. The summed E-state index contributed by atoms with van der Waals surface area (Å²) in [6.45, 7) is 2.24. The third-order valence-corrected chi connectivity index (χ3v) is 4.18. The predicted octanol–water partition coefficient (Wildman–Crippen LogP) is 5.31. The van der Waals surface area contributed by atoms with Crippen molar-refractivity contribution < 1.29 is 24.7 Å². The highest BCUT2D eigenvalue weighted by atomic mass is 17.6. The first-order chi connectivity index (χ1) is 11.2. The molecular formula is C18H32O5. The lowest BCUT2D eigenvalue weighted by molar-refractivity contribution is -0.718. The number of allylic oxidation sites excluding steroid dienone is 2. The summed E-state index contributed by atoms with van der Waals surface area (Å²) in [7, 11) is 0. The number of hydrogen-bond donors (Lipinski definition) is 1. The Morgan fingerprint density at radius 2 is 1.39 bits per heavy atom. The van der Waals surface area contributed by atoms with E-state index in [0.717, 1.165) is 25.7 Å². The molecule has 1 N–H and O–H groups in total. The fraction of sp³-hybridized carbons (Fsp3) is 0.833. The second-order valence-electron chi connectivity index (χ2n) is 6.27. The smallest absolute Gasteiger partial charge is 0.370 e. The molecule has 1 aliphatic heterocycles. The van der Waals surface area contributed by atoms with Crippen molar-refractivity contribution in [3.8, 4) is 0 Å². The fourth-order valence-corrected chi connectivity index (χ4v) is 2.63. The van der Waals surface area contributed by atoms with Gasteiger partial charge in [-0.25, -0.2) is 4.79 Å². The lowest BCUT2D eigenvalue weighted by Crippen LogP contribution is -2.52. The van der Waals surface area contributed by atoms with Crippen LogP contribution in [0.25, 0.3) is 0 Å². The summed E-state index contributed by atoms with van der Waals surface area (Å²) >= 11 is 0. The normalized spacial score (nSPS) is 16.6. The van der Waals surface area contributed by atoms with E-state index in [4.69, 9.17) is 5.11 Å². The van der Waals surface area contributed by atoms with Crippen molar-refractivity contribution in [2.45, 2.75) is 96.2 Å². The van der Waals surface area contributed by atoms with Crippen LogP contribution in [0.5, 0.6) is 0 Å². The third kappa shape index (κ3) is 8.49. The molecule has 0 unspecified atom stereocenters. The summed E-state index contributed by atoms with van der Waals surface area (Å²) in [5.41, 5.74) is 0. The zero-order valence-electron chi connectivity index (χ0n) is 14.4. The van der Waals surface area contributed by atoms with Gasteiger partial charge >= 0.3 is 11.8 Å². The summed E-state index contributed by atoms with van der Waals surface area (Å²) < 4.78 is 0. The molecule has 0 aromatic rings. The van der Waals surface area contributed by atoms with E-state index in [-0.39, 0.29) is 0 Å². The van der Waals surface area contributed by atoms with Crippen molar-refractivity contribution in [2.24, 2.45) is 0 Å². The van der Waals surface area contributed by atoms with Crippen molar-refractivity contribution in [3.05, 3.63) is 12.2 Å². The van der Waals surface area contributed by atoms with Crippen molar-refractivity contribution >= 4 is 5.97 Å². The molecule has 1 saturated heterocycles. The number of rotatable bonds is 15. The number of carboxylic acids is 1. The Labute approximate surface area is 139 Å². The van der Waals surface area contributed by atoms with Crippen molar-refractivity contribution in [2.75, 3.05) is 0 Å². The fourth-order valence-electron chi connectivity index (χ4n) is 2.63. The highest BCUT2D eigenvalue weighted by Crippen LogP contribution is 2.30. The van der Waals surface area contributed by atoms with Crippen LogP contribution in [0.1, 0.15) is 90.4 Å². The summed E-state index contributed by atoms with van der Waals surface area (Å²) in [6.07, 6.45) is 19.3. The zero-order valence-corrected chi connectivity index (χ0v) is 14.4. The van der Waals surface area contributed by atoms with Gasteiger partial charge in [0.2, 0.25) is 0 Å². The van der Waals surface area contributed by atoms with E-state index in [9.17, 15) is 4.79 Å². The molecule has 134 valence electrons. The quantitative estimate of drug-likeness (QED) is 0.251. The minimum atomic E-state index is -1.56. The van der Waals surface area contributed by atoms with Crippen LogP contribution < -0.4 is 0 Å². The van der Waals surface area contributed by atoms with E-state index in [1.54, 1.807) is 0 Å². The summed E-state index contributed by atoms with van der Waals surface area (Å²) in [4.78, 5) is 20.1. The SMILES string of the molecule is CCCCCCCC=CCCCCCCCC1(C(=O)O)OOO1. The van der Waals surface area contributed by atoms with Gasteiger partial charge in [0, 0.05) is 6.42 Å². The maximum absolute atomic E-state index is 10.9. The minimum absolute atomic E-state index is 0.334. The molecule has 1 rings (SSSR count). The molecule has 0 spiro atoms. The summed E-state index contributed by atoms with van der Waals surface area (Å²) in [6, 6.07) is 0. The molecule has 23 heavy (non-hydrogen) atoms. The molecule has 1 aliphatic rings. The van der Waals surface area contributed by atoms with Crippen LogP contribution in [0, 0.1) is 0 Å². The Balaban J connectivity index is 1.84. The maximum atomic E-state index is 10.9. The van der Waals surface area contributed by atoms with Gasteiger partial charge < -0.3 is 5.11 Å². The van der Waals surface area contributed by atoms with Gasteiger partial charge in [0.15, 0.2) is 0 Å². The molecule has 0 aromatic carbocycles. The number of aliphatic carboxylic acids is 1. The maximum Gasteiger partial charge on any atom is 0.370 e. The number of carboxylic acid groups (broad SMARTS) is 1. The van der Waals surface area contributed by atoms with Crippen LogP contribution in [0.2, 0.25) is 0 Å². The molecule has 5 heteroatoms. The van der Waals surface area contributed by atoms with Crippen LogP contribution in [0.3, 0.4) is 0 Å². The van der Waals surface area contributed by atoms with E-state index in [0.29, 0.717) is 6.42 Å². The molecule has 1 fully saturated rings. The predicted molar refractivity (Wildman–Crippen MR) is 88.5 cm³/mol. The van der Waals surface area contributed by atoms with Gasteiger partial charge in [-0.2, -0.15) is 9.78 Å². The third-order valence-electron chi connectivity index (χ3n) is 4.18. The van der Waals surface area contributed by atoms with Crippen LogP contribution in [0.15, 0.2) is 12.2 Å².